The SMILES string of the molecule is O=C(Nc1c(Br)cc(C(F)(C(F)(F)F)C(F)(F)F)cc1OC(F)(F)F)c1cccc(N(CC2CC2)C(=O)c2cc(F)c(F)c(F)c2)c1F. The van der Waals surface area contributed by atoms with Gasteiger partial charge in [-0.2, -0.15) is 26.3 Å². The highest BCUT2D eigenvalue weighted by atomic mass is 79.9. The van der Waals surface area contributed by atoms with Crippen molar-refractivity contribution < 1.29 is 75.8 Å². The van der Waals surface area contributed by atoms with Crippen LogP contribution in [0.25, 0.3) is 0 Å². The minimum atomic E-state index is -6.75. The van der Waals surface area contributed by atoms with Crippen LogP contribution in [0.3, 0.4) is 0 Å². The molecule has 0 bridgehead atoms. The molecular formula is C28H15BrF14N2O3. The van der Waals surface area contributed by atoms with Crippen molar-refractivity contribution in [1.29, 1.82) is 0 Å². The van der Waals surface area contributed by atoms with Gasteiger partial charge in [0.25, 0.3) is 11.8 Å². The van der Waals surface area contributed by atoms with Gasteiger partial charge in [-0.15, -0.1) is 13.2 Å². The molecule has 1 aliphatic rings. The van der Waals surface area contributed by atoms with E-state index in [0.717, 1.165) is 12.1 Å². The van der Waals surface area contributed by atoms with Gasteiger partial charge in [0.15, 0.2) is 29.0 Å². The number of ether oxygens (including phenoxy) is 1. The first-order valence-corrected chi connectivity index (χ1v) is 13.7. The van der Waals surface area contributed by atoms with E-state index in [0.29, 0.717) is 35.9 Å². The summed E-state index contributed by atoms with van der Waals surface area (Å²) >= 11 is 2.39. The number of nitrogens with one attached hydrogen (secondary N) is 1. The smallest absolute Gasteiger partial charge is 0.404 e. The van der Waals surface area contributed by atoms with Crippen LogP contribution in [0.1, 0.15) is 39.1 Å². The van der Waals surface area contributed by atoms with Gasteiger partial charge < -0.3 is 15.0 Å². The molecule has 0 aromatic heterocycles. The van der Waals surface area contributed by atoms with Gasteiger partial charge in [0.05, 0.1) is 16.9 Å². The predicted molar refractivity (Wildman–Crippen MR) is 141 cm³/mol. The Morgan fingerprint density at radius 3 is 1.90 bits per heavy atom. The summed E-state index contributed by atoms with van der Waals surface area (Å²) in [5, 5.41) is 1.64. The molecule has 20 heteroatoms. The van der Waals surface area contributed by atoms with E-state index in [-0.39, 0.29) is 18.5 Å². The van der Waals surface area contributed by atoms with Gasteiger partial charge in [0, 0.05) is 22.1 Å². The Morgan fingerprint density at radius 1 is 0.833 bits per heavy atom. The van der Waals surface area contributed by atoms with Crippen molar-refractivity contribution in [2.75, 3.05) is 16.8 Å². The van der Waals surface area contributed by atoms with Crippen LogP contribution in [-0.4, -0.2) is 37.1 Å². The molecule has 4 rings (SSSR count). The number of alkyl halides is 10. The summed E-state index contributed by atoms with van der Waals surface area (Å²) in [6, 6.07) is 2.37. The molecule has 48 heavy (non-hydrogen) atoms. The highest BCUT2D eigenvalue weighted by molar-refractivity contribution is 9.10. The van der Waals surface area contributed by atoms with Crippen molar-refractivity contribution in [2.45, 2.75) is 37.2 Å². The molecule has 1 aliphatic carbocycles. The lowest BCUT2D eigenvalue weighted by molar-refractivity contribution is -0.348. The summed E-state index contributed by atoms with van der Waals surface area (Å²) < 4.78 is 193. The van der Waals surface area contributed by atoms with Crippen LogP contribution in [0.4, 0.5) is 72.8 Å². The number of rotatable bonds is 8. The molecule has 0 atom stereocenters. The molecule has 0 saturated heterocycles. The molecule has 5 nitrogen and oxygen atoms in total. The summed E-state index contributed by atoms with van der Waals surface area (Å²) in [4.78, 5) is 26.9. The van der Waals surface area contributed by atoms with E-state index in [1.165, 1.54) is 0 Å². The molecule has 0 unspecified atom stereocenters. The monoisotopic (exact) mass is 772 g/mol. The molecular weight excluding hydrogens is 758 g/mol. The van der Waals surface area contributed by atoms with E-state index in [1.807, 2.05) is 0 Å². The van der Waals surface area contributed by atoms with Gasteiger partial charge in [0.1, 0.15) is 0 Å². The van der Waals surface area contributed by atoms with Crippen LogP contribution >= 0.6 is 15.9 Å². The predicted octanol–water partition coefficient (Wildman–Crippen LogP) is 9.50. The molecule has 2 amide bonds. The molecule has 1 saturated carbocycles. The summed E-state index contributed by atoms with van der Waals surface area (Å²) in [6.07, 6.45) is -18.3. The van der Waals surface area contributed by atoms with Gasteiger partial charge in [-0.1, -0.05) is 6.07 Å². The number of hydrogen-bond donors (Lipinski definition) is 1. The second-order valence-corrected chi connectivity index (χ2v) is 11.1. The van der Waals surface area contributed by atoms with E-state index in [4.69, 9.17) is 0 Å². The first kappa shape index (κ1) is 36.7. The minimum absolute atomic E-state index is 0.233. The molecule has 3 aromatic rings. The molecule has 0 aliphatic heterocycles. The van der Waals surface area contributed by atoms with Crippen LogP contribution in [0.5, 0.6) is 5.75 Å². The van der Waals surface area contributed by atoms with Crippen LogP contribution in [0.2, 0.25) is 0 Å². The van der Waals surface area contributed by atoms with E-state index >= 15 is 4.39 Å². The molecule has 1 fully saturated rings. The van der Waals surface area contributed by atoms with Crippen LogP contribution in [0.15, 0.2) is 46.9 Å². The fraction of sp³-hybridized carbons (Fsp3) is 0.286. The zero-order valence-electron chi connectivity index (χ0n) is 23.1. The number of carbonyl (C=O) groups excluding carboxylic acids is 2. The first-order valence-electron chi connectivity index (χ1n) is 12.9. The van der Waals surface area contributed by atoms with E-state index in [1.54, 1.807) is 5.32 Å². The second-order valence-electron chi connectivity index (χ2n) is 10.2. The molecule has 0 heterocycles. The maximum atomic E-state index is 15.8. The second kappa shape index (κ2) is 12.7. The number of amides is 2. The summed E-state index contributed by atoms with van der Waals surface area (Å²) in [6.45, 7) is -0.290. The zero-order chi connectivity index (χ0) is 36.1. The Morgan fingerprint density at radius 2 is 1.40 bits per heavy atom. The van der Waals surface area contributed by atoms with Gasteiger partial charge in [-0.05, 0) is 71.1 Å². The number of anilines is 2. The lowest BCUT2D eigenvalue weighted by Gasteiger charge is -2.31. The maximum absolute atomic E-state index is 15.8. The number of carbonyl (C=O) groups is 2. The van der Waals surface area contributed by atoms with Crippen molar-refractivity contribution in [2.24, 2.45) is 5.92 Å². The molecule has 0 radical (unpaired) electrons. The van der Waals surface area contributed by atoms with E-state index < -0.39 is 104 Å². The van der Waals surface area contributed by atoms with Gasteiger partial charge in [-0.3, -0.25) is 9.59 Å². The summed E-state index contributed by atoms with van der Waals surface area (Å²) in [5.41, 5.74) is -12.5. The van der Waals surface area contributed by atoms with Gasteiger partial charge in [0.2, 0.25) is 0 Å². The fourth-order valence-corrected chi connectivity index (χ4v) is 4.90. The topological polar surface area (TPSA) is 58.6 Å². The van der Waals surface area contributed by atoms with Crippen molar-refractivity contribution >= 4 is 39.1 Å². The molecule has 3 aromatic carbocycles. The number of benzene rings is 3. The third kappa shape index (κ3) is 7.31. The zero-order valence-corrected chi connectivity index (χ0v) is 24.7. The Balaban J connectivity index is 1.78. The standard InChI is InChI=1S/C28H15BrF14N2O3/c29-15-8-13(25(34,26(35,36)37)27(38,39)40)9-19(48-28(41,42)43)22(15)44-23(46)14-2-1-3-18(20(14)32)45(10-11-4-5-11)24(47)12-6-16(30)21(33)17(31)7-12/h1-3,6-9,11H,4-5,10H2,(H,44,46). The van der Waals surface area contributed by atoms with Crippen molar-refractivity contribution in [3.8, 4) is 5.75 Å². The van der Waals surface area contributed by atoms with E-state index in [9.17, 15) is 66.7 Å². The molecule has 0 spiro atoms. The summed E-state index contributed by atoms with van der Waals surface area (Å²) in [5.74, 6) is -12.2. The average molecular weight is 773 g/mol. The highest BCUT2D eigenvalue weighted by Gasteiger charge is 2.73. The van der Waals surface area contributed by atoms with E-state index in [2.05, 4.69) is 20.7 Å². The number of hydrogen-bond acceptors (Lipinski definition) is 3. The van der Waals surface area contributed by atoms with Crippen molar-refractivity contribution in [3.63, 3.8) is 0 Å². The normalized spacial score (nSPS) is 14.1. The Kier molecular flexibility index (Phi) is 9.75. The quantitative estimate of drug-likeness (QED) is 0.183. The summed E-state index contributed by atoms with van der Waals surface area (Å²) in [7, 11) is 0. The lowest BCUT2D eigenvalue weighted by Crippen LogP contribution is -2.50. The van der Waals surface area contributed by atoms with Crippen LogP contribution in [0, 0.1) is 29.2 Å². The highest BCUT2D eigenvalue weighted by Crippen LogP contribution is 2.55. The Bertz CT molecular complexity index is 1720. The van der Waals surface area contributed by atoms with Gasteiger partial charge >= 0.3 is 24.4 Å². The Hall–Kier alpha value is -4.10. The molecule has 1 N–H and O–H groups in total. The minimum Gasteiger partial charge on any atom is -0.404 e. The van der Waals surface area contributed by atoms with Gasteiger partial charge in [-0.25, -0.2) is 22.0 Å². The largest absolute Gasteiger partial charge is 0.573 e. The van der Waals surface area contributed by atoms with Crippen molar-refractivity contribution in [1.82, 2.24) is 0 Å². The molecule has 260 valence electrons. The maximum Gasteiger partial charge on any atom is 0.573 e. The van der Waals surface area contributed by atoms with Crippen LogP contribution in [-0.2, 0) is 5.67 Å². The lowest BCUT2D eigenvalue weighted by atomic mass is 9.93. The third-order valence-electron chi connectivity index (χ3n) is 6.82. The number of halogens is 15. The van der Waals surface area contributed by atoms with Crippen LogP contribution < -0.4 is 15.0 Å². The average Bonchev–Trinajstić information content (AvgIpc) is 3.77. The Labute approximate surface area is 267 Å². The third-order valence-corrected chi connectivity index (χ3v) is 7.45. The fourth-order valence-electron chi connectivity index (χ4n) is 4.36. The number of nitrogens with zero attached hydrogens (tertiary/aromatic N) is 1. The van der Waals surface area contributed by atoms with Crippen molar-refractivity contribution in [3.05, 3.63) is 86.9 Å². The first-order chi connectivity index (χ1) is 22.0.